The molecule has 0 radical (unpaired) electrons. The minimum atomic E-state index is -4.75. The molecule has 236 valence electrons. The molecular weight excluding hydrogens is 601 g/mol. The first-order valence-electron chi connectivity index (χ1n) is 14.8. The van der Waals surface area contributed by atoms with Crippen molar-refractivity contribution in [1.29, 1.82) is 0 Å². The zero-order valence-electron chi connectivity index (χ0n) is 25.5. The maximum atomic E-state index is 13.2. The molecule has 45 heavy (non-hydrogen) atoms. The lowest BCUT2D eigenvalue weighted by molar-refractivity contribution is -0.274. The van der Waals surface area contributed by atoms with Gasteiger partial charge in [0.2, 0.25) is 0 Å². The Morgan fingerprint density at radius 1 is 1.09 bits per heavy atom. The Balaban J connectivity index is 1.28. The quantitative estimate of drug-likeness (QED) is 0.209. The van der Waals surface area contributed by atoms with Crippen molar-refractivity contribution in [3.05, 3.63) is 90.3 Å². The summed E-state index contributed by atoms with van der Waals surface area (Å²) >= 11 is 1.60. The van der Waals surface area contributed by atoms with E-state index in [0.717, 1.165) is 29.0 Å². The van der Waals surface area contributed by atoms with Crippen molar-refractivity contribution in [2.24, 2.45) is 4.99 Å². The van der Waals surface area contributed by atoms with E-state index in [1.54, 1.807) is 11.8 Å². The lowest BCUT2D eigenvalue weighted by Gasteiger charge is -2.37. The first-order chi connectivity index (χ1) is 21.5. The van der Waals surface area contributed by atoms with Crippen molar-refractivity contribution >= 4 is 28.6 Å². The fourth-order valence-corrected chi connectivity index (χ4v) is 6.41. The van der Waals surface area contributed by atoms with Crippen LogP contribution in [0.15, 0.2) is 84.1 Å². The maximum Gasteiger partial charge on any atom is 0.573 e. The van der Waals surface area contributed by atoms with Crippen molar-refractivity contribution in [2.45, 2.75) is 64.9 Å². The van der Waals surface area contributed by atoms with Crippen LogP contribution in [0.1, 0.15) is 63.6 Å². The lowest BCUT2D eigenvalue weighted by Crippen LogP contribution is -2.42. The third-order valence-corrected chi connectivity index (χ3v) is 8.52. The number of nitrogens with zero attached hydrogens (tertiary/aromatic N) is 5. The molecule has 1 aromatic heterocycles. The summed E-state index contributed by atoms with van der Waals surface area (Å²) < 4.78 is 42.8. The van der Waals surface area contributed by atoms with Crippen LogP contribution < -0.4 is 15.0 Å². The summed E-state index contributed by atoms with van der Waals surface area (Å²) in [6, 6.07) is 20.8. The fourth-order valence-electron chi connectivity index (χ4n) is 5.20. The van der Waals surface area contributed by atoms with Gasteiger partial charge < -0.3 is 15.0 Å². The van der Waals surface area contributed by atoms with Crippen molar-refractivity contribution < 1.29 is 22.7 Å². The number of amidine groups is 1. The van der Waals surface area contributed by atoms with Gasteiger partial charge in [0.05, 0.1) is 11.7 Å². The van der Waals surface area contributed by atoms with Crippen LogP contribution in [0.25, 0.3) is 17.1 Å². The van der Waals surface area contributed by atoms with E-state index in [0.29, 0.717) is 29.0 Å². The van der Waals surface area contributed by atoms with Gasteiger partial charge in [-0.3, -0.25) is 0 Å². The highest BCUT2D eigenvalue weighted by Gasteiger charge is 2.31. The number of nitrogens with one attached hydrogen (secondary N) is 1. The molecule has 1 aliphatic heterocycles. The SMILES string of the molecule is CCC(NC(=O)/N=C1\SCCC(C)N1c1ccccc1C(C)C)c1ccc(-c2ncn(-c3ccc(OC(F)(F)F)cc3)n2)cc1. The van der Waals surface area contributed by atoms with Gasteiger partial charge in [0, 0.05) is 23.0 Å². The predicted molar refractivity (Wildman–Crippen MR) is 172 cm³/mol. The van der Waals surface area contributed by atoms with Crippen LogP contribution in [0.2, 0.25) is 0 Å². The fraction of sp³-hybridized carbons (Fsp3) is 0.333. The molecule has 3 aromatic carbocycles. The maximum absolute atomic E-state index is 13.2. The first-order valence-corrected chi connectivity index (χ1v) is 15.8. The van der Waals surface area contributed by atoms with Crippen LogP contribution in [0.3, 0.4) is 0 Å². The minimum absolute atomic E-state index is 0.215. The summed E-state index contributed by atoms with van der Waals surface area (Å²) in [5.41, 5.74) is 4.51. The molecule has 0 bridgehead atoms. The molecule has 2 unspecified atom stereocenters. The number of alkyl halides is 3. The highest BCUT2D eigenvalue weighted by molar-refractivity contribution is 8.14. The van der Waals surface area contributed by atoms with Crippen LogP contribution in [0.4, 0.5) is 23.7 Å². The zero-order valence-corrected chi connectivity index (χ0v) is 26.3. The van der Waals surface area contributed by atoms with Gasteiger partial charge in [0.15, 0.2) is 11.0 Å². The molecule has 1 N–H and O–H groups in total. The normalized spacial score (nSPS) is 17.0. The summed E-state index contributed by atoms with van der Waals surface area (Å²) in [4.78, 5) is 24.3. The molecule has 4 aromatic rings. The molecule has 2 atom stereocenters. The van der Waals surface area contributed by atoms with E-state index < -0.39 is 6.36 Å². The summed E-state index contributed by atoms with van der Waals surface area (Å²) in [6.07, 6.45) is -1.60. The standard InChI is InChI=1S/C33H35F3N6O2S/c1-5-28(38-31(43)39-32-42(22(4)18-19-45-32)29-9-7-6-8-27(29)21(2)3)23-10-12-24(13-11-23)30-37-20-41(40-30)25-14-16-26(17-15-25)44-33(34,35)36/h6-17,20-22,28H,5,18-19H2,1-4H3,(H,38,43)/b39-32-. The van der Waals surface area contributed by atoms with E-state index in [4.69, 9.17) is 0 Å². The van der Waals surface area contributed by atoms with Crippen molar-refractivity contribution in [1.82, 2.24) is 20.1 Å². The predicted octanol–water partition coefficient (Wildman–Crippen LogP) is 8.51. The minimum Gasteiger partial charge on any atom is -0.406 e. The van der Waals surface area contributed by atoms with Gasteiger partial charge in [0.25, 0.3) is 0 Å². The Morgan fingerprint density at radius 2 is 1.80 bits per heavy atom. The Labute approximate surface area is 264 Å². The number of para-hydroxylation sites is 1. The van der Waals surface area contributed by atoms with Gasteiger partial charge in [-0.2, -0.15) is 4.99 Å². The number of benzene rings is 3. The van der Waals surface area contributed by atoms with Gasteiger partial charge in [-0.15, -0.1) is 18.3 Å². The third kappa shape index (κ3) is 7.86. The number of hydrogen-bond donors (Lipinski definition) is 1. The van der Waals surface area contributed by atoms with Crippen molar-refractivity contribution in [3.63, 3.8) is 0 Å². The third-order valence-electron chi connectivity index (χ3n) is 7.53. The molecule has 2 heterocycles. The van der Waals surface area contributed by atoms with Crippen LogP contribution in [0, 0.1) is 0 Å². The number of carbonyl (C=O) groups excluding carboxylic acids is 1. The Bertz CT molecular complexity index is 1640. The van der Waals surface area contributed by atoms with Gasteiger partial charge in [-0.05, 0) is 67.1 Å². The molecule has 0 spiro atoms. The number of thioether (sulfide) groups is 1. The first kappa shape index (κ1) is 32.1. The monoisotopic (exact) mass is 636 g/mol. The van der Waals surface area contributed by atoms with Gasteiger partial charge >= 0.3 is 12.4 Å². The van der Waals surface area contributed by atoms with E-state index >= 15 is 0 Å². The van der Waals surface area contributed by atoms with Crippen LogP contribution in [0.5, 0.6) is 5.75 Å². The Hall–Kier alpha value is -4.32. The molecule has 5 rings (SSSR count). The van der Waals surface area contributed by atoms with Crippen LogP contribution >= 0.6 is 11.8 Å². The number of carbonyl (C=O) groups is 1. The largest absolute Gasteiger partial charge is 0.573 e. The number of anilines is 1. The number of urea groups is 1. The second kappa shape index (κ2) is 13.8. The average molecular weight is 637 g/mol. The smallest absolute Gasteiger partial charge is 0.406 e. The van der Waals surface area contributed by atoms with E-state index in [-0.39, 0.29) is 23.9 Å². The van der Waals surface area contributed by atoms with E-state index in [1.807, 2.05) is 43.3 Å². The number of aromatic nitrogens is 3. The summed E-state index contributed by atoms with van der Waals surface area (Å²) in [5.74, 6) is 1.37. The van der Waals surface area contributed by atoms with E-state index in [1.165, 1.54) is 40.8 Å². The van der Waals surface area contributed by atoms with Gasteiger partial charge in [0.1, 0.15) is 12.1 Å². The molecule has 1 fully saturated rings. The van der Waals surface area contributed by atoms with Crippen LogP contribution in [-0.4, -0.2) is 44.1 Å². The van der Waals surface area contributed by atoms with E-state index in [9.17, 15) is 18.0 Å². The van der Waals surface area contributed by atoms with E-state index in [2.05, 4.69) is 62.9 Å². The molecular formula is C33H35F3N6O2S. The molecule has 0 aliphatic carbocycles. The number of ether oxygens (including phenoxy) is 1. The number of halogens is 3. The average Bonchev–Trinajstić information content (AvgIpc) is 3.50. The van der Waals surface area contributed by atoms with Gasteiger partial charge in [-0.25, -0.2) is 14.5 Å². The summed E-state index contributed by atoms with van der Waals surface area (Å²) in [5, 5.41) is 8.24. The number of hydrogen-bond acceptors (Lipinski definition) is 5. The van der Waals surface area contributed by atoms with Crippen molar-refractivity contribution in [2.75, 3.05) is 10.7 Å². The molecule has 8 nitrogen and oxygen atoms in total. The highest BCUT2D eigenvalue weighted by atomic mass is 32.2. The van der Waals surface area contributed by atoms with Crippen molar-refractivity contribution in [3.8, 4) is 22.8 Å². The number of amides is 2. The summed E-state index contributed by atoms with van der Waals surface area (Å²) in [7, 11) is 0. The second-order valence-electron chi connectivity index (χ2n) is 11.1. The molecule has 12 heteroatoms. The Kier molecular flexibility index (Phi) is 9.81. The summed E-state index contributed by atoms with van der Waals surface area (Å²) in [6.45, 7) is 8.51. The number of rotatable bonds is 8. The number of aliphatic imine (C=N–C) groups is 1. The highest BCUT2D eigenvalue weighted by Crippen LogP contribution is 2.35. The molecule has 0 saturated carbocycles. The van der Waals surface area contributed by atoms with Gasteiger partial charge in [-0.1, -0.05) is 75.0 Å². The molecule has 2 amide bonds. The molecule has 1 aliphatic rings. The topological polar surface area (TPSA) is 84.6 Å². The zero-order chi connectivity index (χ0) is 32.1. The Morgan fingerprint density at radius 3 is 2.47 bits per heavy atom. The second-order valence-corrected chi connectivity index (χ2v) is 12.1. The lowest BCUT2D eigenvalue weighted by atomic mass is 9.99. The van der Waals surface area contributed by atoms with Crippen LogP contribution in [-0.2, 0) is 0 Å². The molecule has 1 saturated heterocycles.